The van der Waals surface area contributed by atoms with E-state index in [0.29, 0.717) is 0 Å². The molecule has 0 aromatic heterocycles. The largest absolute Gasteiger partial charge is 0.431 e. The van der Waals surface area contributed by atoms with E-state index in [1.165, 1.54) is 0 Å². The zero-order chi connectivity index (χ0) is 11.8. The minimum atomic E-state index is -5.93. The summed E-state index contributed by atoms with van der Waals surface area (Å²) in [5.74, 6) is 0. The van der Waals surface area contributed by atoms with Crippen molar-refractivity contribution in [3.8, 4) is 0 Å². The second-order valence-electron chi connectivity index (χ2n) is 3.06. The van der Waals surface area contributed by atoms with Crippen molar-refractivity contribution in [3.05, 3.63) is 0 Å². The maximum absolute atomic E-state index is 13.0. The molecule has 0 amide bonds. The lowest BCUT2D eigenvalue weighted by Crippen LogP contribution is -2.60. The van der Waals surface area contributed by atoms with Gasteiger partial charge in [-0.05, 0) is 13.3 Å². The highest BCUT2D eigenvalue weighted by Crippen LogP contribution is 2.49. The Balaban J connectivity index is 5.33. The molecule has 0 fully saturated rings. The summed E-state index contributed by atoms with van der Waals surface area (Å²) in [7, 11) is 0. The van der Waals surface area contributed by atoms with E-state index in [0.717, 1.165) is 6.92 Å². The molecular weight excluding hydrogens is 217 g/mol. The molecule has 0 aliphatic rings. The highest BCUT2D eigenvalue weighted by Gasteiger charge is 2.72. The summed E-state index contributed by atoms with van der Waals surface area (Å²) in [6, 6.07) is 0. The van der Waals surface area contributed by atoms with Crippen LogP contribution in [0, 0.1) is 0 Å². The third kappa shape index (κ3) is 1.81. The third-order valence-electron chi connectivity index (χ3n) is 2.14. The molecule has 0 heterocycles. The fraction of sp³-hybridized carbons (Fsp3) is 1.00. The fourth-order valence-corrected chi connectivity index (χ4v) is 0.904. The van der Waals surface area contributed by atoms with Gasteiger partial charge in [-0.3, -0.25) is 0 Å². The van der Waals surface area contributed by atoms with Crippen LogP contribution in [0.3, 0.4) is 0 Å². The van der Waals surface area contributed by atoms with E-state index in [1.807, 2.05) is 0 Å². The van der Waals surface area contributed by atoms with Crippen molar-refractivity contribution in [2.75, 3.05) is 0 Å². The first-order chi connectivity index (χ1) is 6.00. The van der Waals surface area contributed by atoms with Gasteiger partial charge in [0.05, 0.1) is 0 Å². The Kier molecular flexibility index (Phi) is 3.46. The van der Waals surface area contributed by atoms with Gasteiger partial charge in [0.25, 0.3) is 12.1 Å². The van der Waals surface area contributed by atoms with E-state index < -0.39 is 30.4 Å². The van der Waals surface area contributed by atoms with Crippen LogP contribution < -0.4 is 0 Å². The SMILES string of the molecule is CCC(C)(F)C(F)(C(F)F)C(F)(F)F. The van der Waals surface area contributed by atoms with E-state index in [4.69, 9.17) is 0 Å². The lowest BCUT2D eigenvalue weighted by molar-refractivity contribution is -0.307. The van der Waals surface area contributed by atoms with Crippen molar-refractivity contribution >= 4 is 0 Å². The van der Waals surface area contributed by atoms with Crippen LogP contribution >= 0.6 is 0 Å². The molecule has 0 aliphatic heterocycles. The number of hydrogen-bond acceptors (Lipinski definition) is 0. The van der Waals surface area contributed by atoms with Gasteiger partial charge in [-0.25, -0.2) is 17.6 Å². The summed E-state index contributed by atoms with van der Waals surface area (Å²) in [6.07, 6.45) is -11.4. The monoisotopic (exact) mass is 226 g/mol. The Hall–Kier alpha value is -0.490. The number of hydrogen-bond donors (Lipinski definition) is 0. The van der Waals surface area contributed by atoms with Crippen LogP contribution in [0.4, 0.5) is 30.7 Å². The second kappa shape index (κ2) is 3.58. The zero-order valence-electron chi connectivity index (χ0n) is 7.43. The zero-order valence-corrected chi connectivity index (χ0v) is 7.43. The fourth-order valence-electron chi connectivity index (χ4n) is 0.904. The summed E-state index contributed by atoms with van der Waals surface area (Å²) >= 11 is 0. The van der Waals surface area contributed by atoms with Crippen molar-refractivity contribution in [1.82, 2.24) is 0 Å². The van der Waals surface area contributed by atoms with E-state index in [2.05, 4.69) is 0 Å². The van der Waals surface area contributed by atoms with E-state index in [1.54, 1.807) is 0 Å². The highest BCUT2D eigenvalue weighted by atomic mass is 19.4. The molecule has 0 saturated heterocycles. The molecule has 0 rings (SSSR count). The maximum atomic E-state index is 13.0. The predicted molar refractivity (Wildman–Crippen MR) is 35.7 cm³/mol. The van der Waals surface area contributed by atoms with Gasteiger partial charge in [-0.1, -0.05) is 6.92 Å². The smallest absolute Gasteiger partial charge is 0.240 e. The Bertz CT molecular complexity index is 195. The number of alkyl halides is 7. The number of halogens is 7. The van der Waals surface area contributed by atoms with Crippen LogP contribution in [-0.2, 0) is 0 Å². The van der Waals surface area contributed by atoms with Crippen LogP contribution in [0.25, 0.3) is 0 Å². The first kappa shape index (κ1) is 13.5. The van der Waals surface area contributed by atoms with E-state index in [-0.39, 0.29) is 6.92 Å². The highest BCUT2D eigenvalue weighted by molar-refractivity contribution is 5.04. The molecule has 2 unspecified atom stereocenters. The van der Waals surface area contributed by atoms with Gasteiger partial charge in [-0.15, -0.1) is 0 Å². The molecule has 86 valence electrons. The van der Waals surface area contributed by atoms with Gasteiger partial charge in [0.2, 0.25) is 0 Å². The lowest BCUT2D eigenvalue weighted by Gasteiger charge is -2.36. The maximum Gasteiger partial charge on any atom is 0.431 e. The predicted octanol–water partition coefficient (Wildman–Crippen LogP) is 3.66. The van der Waals surface area contributed by atoms with Gasteiger partial charge in [-0.2, -0.15) is 13.2 Å². The average Bonchev–Trinajstić information content (AvgIpc) is 2.00. The van der Waals surface area contributed by atoms with Crippen molar-refractivity contribution in [3.63, 3.8) is 0 Å². The van der Waals surface area contributed by atoms with Gasteiger partial charge >= 0.3 is 6.18 Å². The molecule has 2 atom stereocenters. The molecule has 0 spiro atoms. The van der Waals surface area contributed by atoms with Crippen LogP contribution in [-0.4, -0.2) is 23.9 Å². The molecule has 0 N–H and O–H groups in total. The minimum absolute atomic E-state index is 0.173. The van der Waals surface area contributed by atoms with Gasteiger partial charge in [0.15, 0.2) is 5.67 Å². The Morgan fingerprint density at radius 2 is 1.36 bits per heavy atom. The summed E-state index contributed by atoms with van der Waals surface area (Å²) in [5.41, 5.74) is -8.76. The molecule has 0 nitrogen and oxygen atoms in total. The third-order valence-corrected chi connectivity index (χ3v) is 2.14. The molecule has 14 heavy (non-hydrogen) atoms. The van der Waals surface area contributed by atoms with Crippen molar-refractivity contribution in [1.29, 1.82) is 0 Å². The Labute approximate surface area is 76.1 Å². The molecular formula is C7H9F7. The van der Waals surface area contributed by atoms with Gasteiger partial charge in [0.1, 0.15) is 0 Å². The van der Waals surface area contributed by atoms with Crippen LogP contribution in [0.15, 0.2) is 0 Å². The van der Waals surface area contributed by atoms with Crippen molar-refractivity contribution in [2.24, 2.45) is 0 Å². The molecule has 0 bridgehead atoms. The summed E-state index contributed by atoms with van der Waals surface area (Å²) in [4.78, 5) is 0. The van der Waals surface area contributed by atoms with E-state index >= 15 is 0 Å². The summed E-state index contributed by atoms with van der Waals surface area (Å²) in [5, 5.41) is 0. The molecule has 0 saturated carbocycles. The molecule has 0 aliphatic carbocycles. The molecule has 7 heteroatoms. The summed E-state index contributed by atoms with van der Waals surface area (Å²) in [6.45, 7) is 1.04. The average molecular weight is 226 g/mol. The first-order valence-corrected chi connectivity index (χ1v) is 3.73. The Morgan fingerprint density at radius 3 is 1.43 bits per heavy atom. The topological polar surface area (TPSA) is 0 Å². The summed E-state index contributed by atoms with van der Waals surface area (Å²) < 4.78 is 85.7. The molecule has 0 radical (unpaired) electrons. The number of rotatable bonds is 3. The minimum Gasteiger partial charge on any atom is -0.240 e. The van der Waals surface area contributed by atoms with Gasteiger partial charge in [0, 0.05) is 0 Å². The second-order valence-corrected chi connectivity index (χ2v) is 3.06. The Morgan fingerprint density at radius 1 is 1.00 bits per heavy atom. The standard InChI is InChI=1S/C7H9F7/c1-3-5(2,10)6(11,4(8)9)7(12,13)14/h4H,3H2,1-2H3. The molecule has 0 aromatic rings. The van der Waals surface area contributed by atoms with Crippen molar-refractivity contribution < 1.29 is 30.7 Å². The van der Waals surface area contributed by atoms with Gasteiger partial charge < -0.3 is 0 Å². The van der Waals surface area contributed by atoms with Crippen molar-refractivity contribution in [2.45, 2.75) is 44.2 Å². The normalized spacial score (nSPS) is 21.9. The van der Waals surface area contributed by atoms with Crippen LogP contribution in [0.1, 0.15) is 20.3 Å². The van der Waals surface area contributed by atoms with Crippen LogP contribution in [0.5, 0.6) is 0 Å². The quantitative estimate of drug-likeness (QED) is 0.644. The molecule has 0 aromatic carbocycles. The van der Waals surface area contributed by atoms with E-state index in [9.17, 15) is 30.7 Å². The van der Waals surface area contributed by atoms with Crippen LogP contribution in [0.2, 0.25) is 0 Å². The first-order valence-electron chi connectivity index (χ1n) is 3.73. The lowest BCUT2D eigenvalue weighted by atomic mass is 9.85.